The van der Waals surface area contributed by atoms with E-state index in [0.717, 1.165) is 43.1 Å². The quantitative estimate of drug-likeness (QED) is 0.688. The van der Waals surface area contributed by atoms with Gasteiger partial charge in [0.05, 0.1) is 11.3 Å². The zero-order valence-corrected chi connectivity index (χ0v) is 17.0. The van der Waals surface area contributed by atoms with E-state index in [-0.39, 0.29) is 5.91 Å². The number of aromatic nitrogens is 4. The molecule has 0 aliphatic carbocycles. The van der Waals surface area contributed by atoms with E-state index in [9.17, 15) is 4.79 Å². The van der Waals surface area contributed by atoms with Gasteiger partial charge in [0.1, 0.15) is 0 Å². The van der Waals surface area contributed by atoms with Gasteiger partial charge in [-0.25, -0.2) is 0 Å². The SMILES string of the molecule is Cn1cccc1-c1nnc2ccc(C(=O)N3CCC(N4CCCCC4)CC3)cn12. The minimum Gasteiger partial charge on any atom is -0.348 e. The molecule has 0 unspecified atom stereocenters. The Bertz CT molecular complexity index is 1010. The van der Waals surface area contributed by atoms with E-state index in [2.05, 4.69) is 15.1 Å². The van der Waals surface area contributed by atoms with E-state index in [0.29, 0.717) is 11.6 Å². The highest BCUT2D eigenvalue weighted by atomic mass is 16.2. The Morgan fingerprint density at radius 3 is 2.52 bits per heavy atom. The van der Waals surface area contributed by atoms with Crippen LogP contribution in [0.3, 0.4) is 0 Å². The van der Waals surface area contributed by atoms with E-state index in [1.807, 2.05) is 57.6 Å². The van der Waals surface area contributed by atoms with Crippen LogP contribution < -0.4 is 0 Å². The third kappa shape index (κ3) is 3.44. The van der Waals surface area contributed by atoms with Gasteiger partial charge in [0.2, 0.25) is 0 Å². The molecule has 2 aliphatic rings. The summed E-state index contributed by atoms with van der Waals surface area (Å²) >= 11 is 0. The van der Waals surface area contributed by atoms with Crippen LogP contribution in [0.4, 0.5) is 0 Å². The molecule has 0 bridgehead atoms. The van der Waals surface area contributed by atoms with E-state index in [1.54, 1.807) is 0 Å². The highest BCUT2D eigenvalue weighted by Crippen LogP contribution is 2.23. The number of piperidine rings is 2. The molecule has 0 N–H and O–H groups in total. The molecule has 152 valence electrons. The molecule has 2 saturated heterocycles. The molecule has 2 fully saturated rings. The van der Waals surface area contributed by atoms with Crippen molar-refractivity contribution in [2.45, 2.75) is 38.1 Å². The Hall–Kier alpha value is -2.67. The smallest absolute Gasteiger partial charge is 0.255 e. The number of carbonyl (C=O) groups is 1. The van der Waals surface area contributed by atoms with Crippen LogP contribution in [-0.2, 0) is 7.05 Å². The van der Waals surface area contributed by atoms with E-state index in [1.165, 1.54) is 32.4 Å². The van der Waals surface area contributed by atoms with Crippen molar-refractivity contribution in [2.75, 3.05) is 26.2 Å². The summed E-state index contributed by atoms with van der Waals surface area (Å²) in [5.74, 6) is 0.862. The van der Waals surface area contributed by atoms with Gasteiger partial charge in [0.25, 0.3) is 5.91 Å². The van der Waals surface area contributed by atoms with Crippen LogP contribution in [0.2, 0.25) is 0 Å². The van der Waals surface area contributed by atoms with Gasteiger partial charge < -0.3 is 14.4 Å². The molecular weight excluding hydrogens is 364 g/mol. The molecule has 7 heteroatoms. The van der Waals surface area contributed by atoms with Crippen molar-refractivity contribution in [1.29, 1.82) is 0 Å². The fourth-order valence-corrected chi connectivity index (χ4v) is 4.79. The van der Waals surface area contributed by atoms with Crippen molar-refractivity contribution in [1.82, 2.24) is 29.0 Å². The van der Waals surface area contributed by atoms with Crippen LogP contribution in [0.5, 0.6) is 0 Å². The molecule has 0 aromatic carbocycles. The Labute approximate surface area is 170 Å². The number of likely N-dealkylation sites (tertiary alicyclic amines) is 2. The fourth-order valence-electron chi connectivity index (χ4n) is 4.79. The largest absolute Gasteiger partial charge is 0.348 e. The molecule has 5 rings (SSSR count). The van der Waals surface area contributed by atoms with Gasteiger partial charge >= 0.3 is 0 Å². The number of carbonyl (C=O) groups excluding carboxylic acids is 1. The Balaban J connectivity index is 1.33. The first-order valence-electron chi connectivity index (χ1n) is 10.7. The fraction of sp³-hybridized carbons (Fsp3) is 0.500. The number of rotatable bonds is 3. The van der Waals surface area contributed by atoms with Crippen molar-refractivity contribution in [3.8, 4) is 11.5 Å². The predicted octanol–water partition coefficient (Wildman–Crippen LogP) is 2.83. The lowest BCUT2D eigenvalue weighted by Crippen LogP contribution is -2.48. The standard InChI is InChI=1S/C22H28N6O/c1-25-11-5-6-19(25)21-24-23-20-8-7-17(16-28(20)21)22(29)27-14-9-18(10-15-27)26-12-3-2-4-13-26/h5-8,11,16,18H,2-4,9-10,12-15H2,1H3. The number of nitrogens with zero attached hydrogens (tertiary/aromatic N) is 6. The van der Waals surface area contributed by atoms with Gasteiger partial charge in [-0.3, -0.25) is 9.20 Å². The van der Waals surface area contributed by atoms with E-state index < -0.39 is 0 Å². The number of hydrogen-bond donors (Lipinski definition) is 0. The molecule has 5 heterocycles. The van der Waals surface area contributed by atoms with Gasteiger partial charge in [-0.1, -0.05) is 6.42 Å². The Kier molecular flexibility index (Phi) is 4.83. The zero-order valence-electron chi connectivity index (χ0n) is 17.0. The van der Waals surface area contributed by atoms with Crippen LogP contribution in [0.1, 0.15) is 42.5 Å². The number of fused-ring (bicyclic) bond motifs is 1. The highest BCUT2D eigenvalue weighted by Gasteiger charge is 2.28. The molecule has 1 amide bonds. The first-order valence-corrected chi connectivity index (χ1v) is 10.7. The molecule has 0 atom stereocenters. The van der Waals surface area contributed by atoms with Gasteiger partial charge in [0, 0.05) is 38.6 Å². The van der Waals surface area contributed by atoms with Crippen molar-refractivity contribution < 1.29 is 4.79 Å². The molecule has 0 saturated carbocycles. The highest BCUT2D eigenvalue weighted by molar-refractivity contribution is 5.94. The van der Waals surface area contributed by atoms with E-state index in [4.69, 9.17) is 0 Å². The summed E-state index contributed by atoms with van der Waals surface area (Å²) in [5.41, 5.74) is 2.43. The summed E-state index contributed by atoms with van der Waals surface area (Å²) in [6.45, 7) is 4.13. The third-order valence-corrected chi connectivity index (χ3v) is 6.48. The van der Waals surface area contributed by atoms with Gasteiger partial charge in [-0.2, -0.15) is 0 Å². The lowest BCUT2D eigenvalue weighted by Gasteiger charge is -2.40. The number of pyridine rings is 1. The molecule has 7 nitrogen and oxygen atoms in total. The van der Waals surface area contributed by atoms with Crippen molar-refractivity contribution >= 4 is 11.6 Å². The minimum atomic E-state index is 0.107. The lowest BCUT2D eigenvalue weighted by atomic mass is 9.99. The summed E-state index contributed by atoms with van der Waals surface area (Å²) in [5, 5.41) is 8.59. The molecule has 0 spiro atoms. The first-order chi connectivity index (χ1) is 14.2. The minimum absolute atomic E-state index is 0.107. The molecule has 0 radical (unpaired) electrons. The van der Waals surface area contributed by atoms with Crippen LogP contribution in [0, 0.1) is 0 Å². The predicted molar refractivity (Wildman–Crippen MR) is 112 cm³/mol. The monoisotopic (exact) mass is 392 g/mol. The van der Waals surface area contributed by atoms with Crippen LogP contribution in [0.25, 0.3) is 17.2 Å². The second kappa shape index (κ2) is 7.63. The Morgan fingerprint density at radius 2 is 1.79 bits per heavy atom. The average molecular weight is 393 g/mol. The molecule has 2 aliphatic heterocycles. The summed E-state index contributed by atoms with van der Waals surface area (Å²) in [6.07, 6.45) is 10.0. The maximum Gasteiger partial charge on any atom is 0.255 e. The van der Waals surface area contributed by atoms with Gasteiger partial charge in [-0.05, 0) is 63.0 Å². The number of aryl methyl sites for hydroxylation is 1. The summed E-state index contributed by atoms with van der Waals surface area (Å²) in [7, 11) is 1.98. The lowest BCUT2D eigenvalue weighted by molar-refractivity contribution is 0.0589. The van der Waals surface area contributed by atoms with Crippen molar-refractivity contribution in [3.05, 3.63) is 42.2 Å². The number of hydrogen-bond acceptors (Lipinski definition) is 4. The maximum absolute atomic E-state index is 13.2. The van der Waals surface area contributed by atoms with E-state index >= 15 is 0 Å². The van der Waals surface area contributed by atoms with Crippen molar-refractivity contribution in [3.63, 3.8) is 0 Å². The second-order valence-corrected chi connectivity index (χ2v) is 8.29. The second-order valence-electron chi connectivity index (χ2n) is 8.29. The van der Waals surface area contributed by atoms with Gasteiger partial charge in [0.15, 0.2) is 11.5 Å². The maximum atomic E-state index is 13.2. The normalized spacial score (nSPS) is 19.1. The summed E-state index contributed by atoms with van der Waals surface area (Å²) in [4.78, 5) is 17.8. The topological polar surface area (TPSA) is 58.7 Å². The molecule has 29 heavy (non-hydrogen) atoms. The summed E-state index contributed by atoms with van der Waals surface area (Å²) in [6, 6.07) is 8.39. The van der Waals surface area contributed by atoms with Crippen molar-refractivity contribution in [2.24, 2.45) is 7.05 Å². The first kappa shape index (κ1) is 18.4. The Morgan fingerprint density at radius 1 is 1.00 bits per heavy atom. The molecule has 3 aromatic heterocycles. The van der Waals surface area contributed by atoms with Crippen LogP contribution >= 0.6 is 0 Å². The van der Waals surface area contributed by atoms with Gasteiger partial charge in [-0.15, -0.1) is 10.2 Å². The molecule has 3 aromatic rings. The van der Waals surface area contributed by atoms with Crippen LogP contribution in [-0.4, -0.2) is 67.1 Å². The molecular formula is C22H28N6O. The van der Waals surface area contributed by atoms with Crippen LogP contribution in [0.15, 0.2) is 36.7 Å². The third-order valence-electron chi connectivity index (χ3n) is 6.48. The zero-order chi connectivity index (χ0) is 19.8. The number of amides is 1. The average Bonchev–Trinajstić information content (AvgIpc) is 3.39. The summed E-state index contributed by atoms with van der Waals surface area (Å²) < 4.78 is 3.93.